The molecule has 6 heteroatoms. The van der Waals surface area contributed by atoms with Crippen molar-refractivity contribution in [3.63, 3.8) is 0 Å². The highest BCUT2D eigenvalue weighted by Gasteiger charge is 2.53. The fourth-order valence-electron chi connectivity index (χ4n) is 3.86. The second-order valence-electron chi connectivity index (χ2n) is 6.26. The minimum absolute atomic E-state index is 0.00527. The van der Waals surface area contributed by atoms with Gasteiger partial charge in [-0.3, -0.25) is 4.79 Å². The van der Waals surface area contributed by atoms with Crippen LogP contribution in [-0.2, 0) is 0 Å². The first kappa shape index (κ1) is 15.9. The van der Waals surface area contributed by atoms with Crippen LogP contribution in [0.25, 0.3) is 0 Å². The first-order chi connectivity index (χ1) is 11.1. The summed E-state index contributed by atoms with van der Waals surface area (Å²) < 4.78 is 11.3. The van der Waals surface area contributed by atoms with Crippen LogP contribution in [-0.4, -0.2) is 48.1 Å². The molecule has 4 unspecified atom stereocenters. The molecule has 23 heavy (non-hydrogen) atoms. The van der Waals surface area contributed by atoms with Crippen molar-refractivity contribution in [1.29, 1.82) is 0 Å². The van der Waals surface area contributed by atoms with E-state index in [0.29, 0.717) is 42.7 Å². The molecule has 0 radical (unpaired) electrons. The lowest BCUT2D eigenvalue weighted by Crippen LogP contribution is -2.46. The van der Waals surface area contributed by atoms with Gasteiger partial charge in [-0.05, 0) is 25.0 Å². The van der Waals surface area contributed by atoms with Crippen LogP contribution in [0.15, 0.2) is 18.2 Å². The zero-order chi connectivity index (χ0) is 16.6. The van der Waals surface area contributed by atoms with Gasteiger partial charge >= 0.3 is 0 Å². The third-order valence-corrected chi connectivity index (χ3v) is 5.13. The molecule has 0 bridgehead atoms. The summed E-state index contributed by atoms with van der Waals surface area (Å²) in [6, 6.07) is 4.02. The maximum absolute atomic E-state index is 12.8. The summed E-state index contributed by atoms with van der Waals surface area (Å²) in [4.78, 5) is 25.4. The minimum Gasteiger partial charge on any atom is -0.497 e. The first-order valence-corrected chi connectivity index (χ1v) is 7.96. The highest BCUT2D eigenvalue weighted by molar-refractivity contribution is 6.01. The van der Waals surface area contributed by atoms with E-state index in [1.807, 2.05) is 0 Å². The SMILES string of the molecule is COc1ccc(C(=O)C2CCC3C(O)CCC3[N+]2=O)c(OC)c1. The lowest BCUT2D eigenvalue weighted by molar-refractivity contribution is -0.623. The van der Waals surface area contributed by atoms with Gasteiger partial charge in [0.2, 0.25) is 11.8 Å². The predicted molar refractivity (Wildman–Crippen MR) is 83.0 cm³/mol. The summed E-state index contributed by atoms with van der Waals surface area (Å²) >= 11 is 0. The lowest BCUT2D eigenvalue weighted by Gasteiger charge is -2.25. The Morgan fingerprint density at radius 3 is 2.65 bits per heavy atom. The van der Waals surface area contributed by atoms with Crippen LogP contribution < -0.4 is 9.47 Å². The normalized spacial score (nSPS) is 30.0. The Bertz CT molecular complexity index is 629. The molecule has 6 nitrogen and oxygen atoms in total. The molecule has 3 rings (SSSR count). The number of methoxy groups -OCH3 is 2. The number of Topliss-reactive ketones (excluding diaryl/α,β-unsaturated/α-hetero) is 1. The largest absolute Gasteiger partial charge is 0.497 e. The number of nitroso groups, excluding NO2 is 1. The van der Waals surface area contributed by atoms with Crippen molar-refractivity contribution in [2.75, 3.05) is 14.2 Å². The molecule has 1 saturated carbocycles. The molecule has 1 aromatic rings. The molecule has 1 aliphatic heterocycles. The zero-order valence-corrected chi connectivity index (χ0v) is 13.4. The van der Waals surface area contributed by atoms with Crippen molar-refractivity contribution < 1.29 is 24.1 Å². The number of rotatable bonds is 4. The van der Waals surface area contributed by atoms with E-state index in [9.17, 15) is 14.8 Å². The van der Waals surface area contributed by atoms with Gasteiger partial charge in [-0.25, -0.2) is 0 Å². The van der Waals surface area contributed by atoms with E-state index in [0.717, 1.165) is 4.76 Å². The van der Waals surface area contributed by atoms with Gasteiger partial charge in [-0.2, -0.15) is 0 Å². The average molecular weight is 320 g/mol. The summed E-state index contributed by atoms with van der Waals surface area (Å²) in [5.41, 5.74) is 0.399. The number of benzene rings is 1. The number of ether oxygens (including phenoxy) is 2. The molecule has 0 aromatic heterocycles. The van der Waals surface area contributed by atoms with Crippen molar-refractivity contribution in [1.82, 2.24) is 0 Å². The Morgan fingerprint density at radius 1 is 1.17 bits per heavy atom. The molecule has 124 valence electrons. The van der Waals surface area contributed by atoms with E-state index < -0.39 is 12.1 Å². The van der Waals surface area contributed by atoms with Crippen molar-refractivity contribution in [2.24, 2.45) is 5.92 Å². The maximum Gasteiger partial charge on any atom is 0.263 e. The Labute approximate surface area is 135 Å². The van der Waals surface area contributed by atoms with Gasteiger partial charge in [0.15, 0.2) is 0 Å². The van der Waals surface area contributed by atoms with E-state index >= 15 is 0 Å². The standard InChI is InChI=1S/C17H22NO5/c1-22-10-3-4-12(16(9-10)23-2)17(20)14-6-5-11-13(18(14)21)7-8-15(11)19/h3-4,9,11,13-15,19H,5-8H2,1-2H3/q+1. The Kier molecular flexibility index (Phi) is 4.35. The fourth-order valence-corrected chi connectivity index (χ4v) is 3.86. The van der Waals surface area contributed by atoms with E-state index in [2.05, 4.69) is 0 Å². The summed E-state index contributed by atoms with van der Waals surface area (Å²) in [5, 5.41) is 9.94. The Balaban J connectivity index is 1.85. The highest BCUT2D eigenvalue weighted by atomic mass is 16.5. The number of piperidine rings is 1. The quantitative estimate of drug-likeness (QED) is 0.678. The molecule has 2 aliphatic rings. The minimum atomic E-state index is -0.705. The number of aliphatic hydroxyl groups is 1. The molecule has 1 saturated heterocycles. The van der Waals surface area contributed by atoms with Crippen LogP contribution in [0, 0.1) is 10.8 Å². The molecular weight excluding hydrogens is 298 g/mol. The van der Waals surface area contributed by atoms with E-state index in [1.165, 1.54) is 7.11 Å². The number of hydrogen-bond donors (Lipinski definition) is 1. The molecule has 1 heterocycles. The maximum atomic E-state index is 12.8. The number of fused-ring (bicyclic) bond motifs is 1. The van der Waals surface area contributed by atoms with Crippen LogP contribution in [0.5, 0.6) is 11.5 Å². The molecule has 0 amide bonds. The molecule has 4 atom stereocenters. The molecule has 2 fully saturated rings. The summed E-state index contributed by atoms with van der Waals surface area (Å²) in [6.07, 6.45) is 2.05. The summed E-state index contributed by atoms with van der Waals surface area (Å²) in [5.74, 6) is 0.782. The van der Waals surface area contributed by atoms with Gasteiger partial charge in [0.25, 0.3) is 6.04 Å². The average Bonchev–Trinajstić information content (AvgIpc) is 2.96. The Morgan fingerprint density at radius 2 is 1.96 bits per heavy atom. The molecule has 1 aliphatic carbocycles. The second-order valence-corrected chi connectivity index (χ2v) is 6.26. The molecular formula is C17H22NO5+. The Hall–Kier alpha value is -1.95. The fraction of sp³-hybridized carbons (Fsp3) is 0.588. The van der Waals surface area contributed by atoms with E-state index in [-0.39, 0.29) is 17.7 Å². The summed E-state index contributed by atoms with van der Waals surface area (Å²) in [7, 11) is 3.03. The third kappa shape index (κ3) is 2.72. The smallest absolute Gasteiger partial charge is 0.263 e. The van der Waals surface area contributed by atoms with Gasteiger partial charge in [-0.1, -0.05) is 0 Å². The number of carbonyl (C=O) groups excluding carboxylic acids is 1. The number of hydrogen-bond acceptors (Lipinski definition) is 5. The topological polar surface area (TPSA) is 75.8 Å². The monoisotopic (exact) mass is 320 g/mol. The van der Waals surface area contributed by atoms with E-state index in [1.54, 1.807) is 25.3 Å². The number of nitrogens with zero attached hydrogens (tertiary/aromatic N) is 1. The van der Waals surface area contributed by atoms with Gasteiger partial charge < -0.3 is 14.6 Å². The van der Waals surface area contributed by atoms with Gasteiger partial charge in [-0.15, -0.1) is 0 Å². The van der Waals surface area contributed by atoms with Crippen molar-refractivity contribution in [2.45, 2.75) is 43.9 Å². The van der Waals surface area contributed by atoms with Crippen LogP contribution >= 0.6 is 0 Å². The third-order valence-electron chi connectivity index (χ3n) is 5.13. The molecule has 1 aromatic carbocycles. The highest BCUT2D eigenvalue weighted by Crippen LogP contribution is 2.38. The number of ketones is 1. The van der Waals surface area contributed by atoms with Gasteiger partial charge in [0.05, 0.1) is 31.8 Å². The van der Waals surface area contributed by atoms with Crippen LogP contribution in [0.3, 0.4) is 0 Å². The van der Waals surface area contributed by atoms with E-state index in [4.69, 9.17) is 9.47 Å². The van der Waals surface area contributed by atoms with Crippen LogP contribution in [0.1, 0.15) is 36.0 Å². The van der Waals surface area contributed by atoms with Gasteiger partial charge in [0, 0.05) is 28.6 Å². The first-order valence-electron chi connectivity index (χ1n) is 7.96. The summed E-state index contributed by atoms with van der Waals surface area (Å²) in [6.45, 7) is 0. The predicted octanol–water partition coefficient (Wildman–Crippen LogP) is 1.97. The van der Waals surface area contributed by atoms with Crippen molar-refractivity contribution in [3.8, 4) is 11.5 Å². The van der Waals surface area contributed by atoms with Gasteiger partial charge in [0.1, 0.15) is 11.5 Å². The van der Waals surface area contributed by atoms with Crippen LogP contribution in [0.4, 0.5) is 0 Å². The number of carbonyl (C=O) groups is 1. The van der Waals surface area contributed by atoms with Crippen LogP contribution in [0.2, 0.25) is 0 Å². The second kappa shape index (κ2) is 6.28. The molecule has 0 spiro atoms. The van der Waals surface area contributed by atoms with Crippen molar-refractivity contribution in [3.05, 3.63) is 28.7 Å². The lowest BCUT2D eigenvalue weighted by atomic mass is 9.85. The molecule has 1 N–H and O–H groups in total. The number of aliphatic hydroxyl groups excluding tert-OH is 1. The zero-order valence-electron chi connectivity index (χ0n) is 13.4. The van der Waals surface area contributed by atoms with Crippen molar-refractivity contribution >= 4 is 5.78 Å².